The Labute approximate surface area is 122 Å². The third-order valence-electron chi connectivity index (χ3n) is 3.29. The molecule has 2 aromatic heterocycles. The van der Waals surface area contributed by atoms with Crippen molar-refractivity contribution in [2.45, 2.75) is 19.9 Å². The van der Waals surface area contributed by atoms with Gasteiger partial charge >= 0.3 is 0 Å². The highest BCUT2D eigenvalue weighted by Crippen LogP contribution is 2.16. The van der Waals surface area contributed by atoms with Crippen LogP contribution in [0.15, 0.2) is 42.0 Å². The number of hydrogen-bond donors (Lipinski definition) is 1. The smallest absolute Gasteiger partial charge is 0.0897 e. The third-order valence-corrected chi connectivity index (χ3v) is 4.11. The number of hydrogen-bond acceptors (Lipinski definition) is 4. The van der Waals surface area contributed by atoms with E-state index in [-0.39, 0.29) is 0 Å². The molecule has 3 aromatic rings. The van der Waals surface area contributed by atoms with Crippen LogP contribution < -0.4 is 5.32 Å². The van der Waals surface area contributed by atoms with E-state index in [1.165, 1.54) is 22.0 Å². The molecule has 3 rings (SSSR count). The molecule has 0 atom stereocenters. The average Bonchev–Trinajstić information content (AvgIpc) is 2.89. The first kappa shape index (κ1) is 13.2. The van der Waals surface area contributed by atoms with Gasteiger partial charge in [0.2, 0.25) is 0 Å². The van der Waals surface area contributed by atoms with Gasteiger partial charge in [0.15, 0.2) is 0 Å². The van der Waals surface area contributed by atoms with Crippen LogP contribution in [0.4, 0.5) is 0 Å². The highest BCUT2D eigenvalue weighted by atomic mass is 32.1. The van der Waals surface area contributed by atoms with Crippen molar-refractivity contribution in [2.24, 2.45) is 0 Å². The Bertz CT molecular complexity index is 700. The molecular weight excluding hydrogens is 266 g/mol. The molecule has 0 amide bonds. The predicted molar refractivity (Wildman–Crippen MR) is 84.0 cm³/mol. The van der Waals surface area contributed by atoms with E-state index in [0.717, 1.165) is 24.5 Å². The van der Waals surface area contributed by atoms with E-state index in [1.807, 2.05) is 25.4 Å². The maximum atomic E-state index is 4.47. The van der Waals surface area contributed by atoms with Gasteiger partial charge < -0.3 is 5.32 Å². The average molecular weight is 283 g/mol. The monoisotopic (exact) mass is 283 g/mol. The van der Waals surface area contributed by atoms with Crippen LogP contribution in [0, 0.1) is 6.92 Å². The fourth-order valence-corrected chi connectivity index (χ4v) is 2.93. The Balaban J connectivity index is 1.60. The quantitative estimate of drug-likeness (QED) is 0.730. The predicted octanol–water partition coefficient (Wildman–Crippen LogP) is 3.33. The van der Waals surface area contributed by atoms with Gasteiger partial charge in [-0.05, 0) is 17.9 Å². The van der Waals surface area contributed by atoms with Crippen molar-refractivity contribution in [3.8, 4) is 0 Å². The fraction of sp³-hybridized carbons (Fsp3) is 0.250. The van der Waals surface area contributed by atoms with Crippen LogP contribution >= 0.6 is 11.3 Å². The number of nitrogens with zero attached hydrogens (tertiary/aromatic N) is 2. The van der Waals surface area contributed by atoms with Gasteiger partial charge in [-0.25, -0.2) is 4.98 Å². The number of pyridine rings is 1. The van der Waals surface area contributed by atoms with E-state index in [1.54, 1.807) is 11.3 Å². The van der Waals surface area contributed by atoms with E-state index in [4.69, 9.17) is 0 Å². The molecule has 102 valence electrons. The number of benzene rings is 1. The van der Waals surface area contributed by atoms with Crippen LogP contribution in [0.25, 0.3) is 10.8 Å². The molecule has 0 unspecified atom stereocenters. The maximum absolute atomic E-state index is 4.47. The van der Waals surface area contributed by atoms with E-state index in [2.05, 4.69) is 38.9 Å². The maximum Gasteiger partial charge on any atom is 0.0897 e. The molecule has 1 aromatic carbocycles. The van der Waals surface area contributed by atoms with E-state index in [0.29, 0.717) is 0 Å². The van der Waals surface area contributed by atoms with Crippen LogP contribution in [0.2, 0.25) is 0 Å². The summed E-state index contributed by atoms with van der Waals surface area (Å²) in [5.74, 6) is 0. The molecule has 20 heavy (non-hydrogen) atoms. The summed E-state index contributed by atoms with van der Waals surface area (Å²) in [6, 6.07) is 8.37. The molecule has 0 bridgehead atoms. The molecule has 1 N–H and O–H groups in total. The van der Waals surface area contributed by atoms with Gasteiger partial charge in [-0.3, -0.25) is 4.98 Å². The molecule has 0 aliphatic carbocycles. The summed E-state index contributed by atoms with van der Waals surface area (Å²) in [7, 11) is 0. The first-order valence-corrected chi connectivity index (χ1v) is 7.64. The van der Waals surface area contributed by atoms with Crippen molar-refractivity contribution < 1.29 is 0 Å². The minimum atomic E-state index is 0.845. The topological polar surface area (TPSA) is 37.8 Å². The second-order valence-electron chi connectivity index (χ2n) is 4.80. The lowest BCUT2D eigenvalue weighted by atomic mass is 10.1. The van der Waals surface area contributed by atoms with Crippen molar-refractivity contribution in [1.29, 1.82) is 0 Å². The highest BCUT2D eigenvalue weighted by Gasteiger charge is 2.01. The van der Waals surface area contributed by atoms with Crippen LogP contribution in [0.1, 0.15) is 16.3 Å². The zero-order valence-corrected chi connectivity index (χ0v) is 12.3. The Morgan fingerprint density at radius 2 is 2.10 bits per heavy atom. The van der Waals surface area contributed by atoms with Crippen molar-refractivity contribution in [1.82, 2.24) is 15.3 Å². The molecule has 0 radical (unpaired) electrons. The highest BCUT2D eigenvalue weighted by molar-refractivity contribution is 7.09. The van der Waals surface area contributed by atoms with E-state index >= 15 is 0 Å². The molecule has 0 spiro atoms. The lowest BCUT2D eigenvalue weighted by Crippen LogP contribution is -2.17. The van der Waals surface area contributed by atoms with Crippen LogP contribution in [-0.2, 0) is 13.0 Å². The summed E-state index contributed by atoms with van der Waals surface area (Å²) in [4.78, 5) is 8.77. The number of rotatable bonds is 5. The lowest BCUT2D eigenvalue weighted by molar-refractivity contribution is 0.682. The summed E-state index contributed by atoms with van der Waals surface area (Å²) < 4.78 is 0. The zero-order valence-electron chi connectivity index (χ0n) is 11.5. The number of aryl methyl sites for hydroxylation is 1. The molecule has 0 saturated heterocycles. The summed E-state index contributed by atoms with van der Waals surface area (Å²) in [5, 5.41) is 9.22. The second kappa shape index (κ2) is 6.11. The standard InChI is InChI=1S/C16H17N3S/c1-12-19-15(11-20-12)6-7-17-9-14-10-18-8-13-4-2-3-5-16(13)14/h2-5,8,10-11,17H,6-7,9H2,1H3. The third kappa shape index (κ3) is 3.03. The van der Waals surface area contributed by atoms with Crippen LogP contribution in [-0.4, -0.2) is 16.5 Å². The SMILES string of the molecule is Cc1nc(CCNCc2cncc3ccccc23)cs1. The Morgan fingerprint density at radius 1 is 1.20 bits per heavy atom. The molecule has 0 saturated carbocycles. The van der Waals surface area contributed by atoms with Gasteiger partial charge in [-0.15, -0.1) is 11.3 Å². The second-order valence-corrected chi connectivity index (χ2v) is 5.87. The number of nitrogens with one attached hydrogen (secondary N) is 1. The van der Waals surface area contributed by atoms with Gasteiger partial charge in [0, 0.05) is 42.7 Å². The van der Waals surface area contributed by atoms with Gasteiger partial charge in [0.05, 0.1) is 10.7 Å². The summed E-state index contributed by atoms with van der Waals surface area (Å²) in [6.45, 7) is 3.83. The molecule has 0 aliphatic rings. The summed E-state index contributed by atoms with van der Waals surface area (Å²) in [5.41, 5.74) is 2.42. The molecular formula is C16H17N3S. The summed E-state index contributed by atoms with van der Waals surface area (Å²) >= 11 is 1.71. The van der Waals surface area contributed by atoms with Crippen molar-refractivity contribution in [3.05, 3.63) is 58.3 Å². The first-order chi connectivity index (χ1) is 9.83. The molecule has 0 fully saturated rings. The van der Waals surface area contributed by atoms with Crippen molar-refractivity contribution in [2.75, 3.05) is 6.54 Å². The van der Waals surface area contributed by atoms with Crippen LogP contribution in [0.3, 0.4) is 0 Å². The number of thiazole rings is 1. The van der Waals surface area contributed by atoms with Crippen molar-refractivity contribution in [3.63, 3.8) is 0 Å². The van der Waals surface area contributed by atoms with E-state index < -0.39 is 0 Å². The lowest BCUT2D eigenvalue weighted by Gasteiger charge is -2.07. The van der Waals surface area contributed by atoms with Gasteiger partial charge in [-0.1, -0.05) is 24.3 Å². The van der Waals surface area contributed by atoms with E-state index in [9.17, 15) is 0 Å². The first-order valence-electron chi connectivity index (χ1n) is 6.76. The zero-order chi connectivity index (χ0) is 13.8. The number of aromatic nitrogens is 2. The fourth-order valence-electron chi connectivity index (χ4n) is 2.28. The minimum Gasteiger partial charge on any atom is -0.312 e. The largest absolute Gasteiger partial charge is 0.312 e. The van der Waals surface area contributed by atoms with Gasteiger partial charge in [0.1, 0.15) is 0 Å². The van der Waals surface area contributed by atoms with Crippen LogP contribution in [0.5, 0.6) is 0 Å². The normalized spacial score (nSPS) is 11.1. The molecule has 4 heteroatoms. The Kier molecular flexibility index (Phi) is 4.04. The Morgan fingerprint density at radius 3 is 2.95 bits per heavy atom. The van der Waals surface area contributed by atoms with Gasteiger partial charge in [-0.2, -0.15) is 0 Å². The Hall–Kier alpha value is -1.78. The molecule has 3 nitrogen and oxygen atoms in total. The van der Waals surface area contributed by atoms with Crippen molar-refractivity contribution >= 4 is 22.1 Å². The van der Waals surface area contributed by atoms with Gasteiger partial charge in [0.25, 0.3) is 0 Å². The summed E-state index contributed by atoms with van der Waals surface area (Å²) in [6.07, 6.45) is 4.84. The molecule has 0 aliphatic heterocycles. The number of fused-ring (bicyclic) bond motifs is 1. The molecule has 2 heterocycles. The minimum absolute atomic E-state index is 0.845.